The zero-order valence-corrected chi connectivity index (χ0v) is 17.3. The van der Waals surface area contributed by atoms with Crippen LogP contribution in [0.1, 0.15) is 39.2 Å². The number of ether oxygens (including phenoxy) is 2. The molecule has 9 heteroatoms. The van der Waals surface area contributed by atoms with Gasteiger partial charge in [-0.15, -0.1) is 6.42 Å². The Bertz CT molecular complexity index is 946. The van der Waals surface area contributed by atoms with E-state index in [0.29, 0.717) is 31.6 Å². The molecule has 1 spiro atoms. The van der Waals surface area contributed by atoms with Gasteiger partial charge in [0.2, 0.25) is 0 Å². The maximum Gasteiger partial charge on any atom is 0.410 e. The molecule has 0 unspecified atom stereocenters. The Morgan fingerprint density at radius 1 is 1.40 bits per heavy atom. The fourth-order valence-corrected chi connectivity index (χ4v) is 3.91. The van der Waals surface area contributed by atoms with Crippen molar-refractivity contribution in [3.63, 3.8) is 0 Å². The second kappa shape index (κ2) is 7.75. The third kappa shape index (κ3) is 3.84. The molecule has 2 aliphatic heterocycles. The summed E-state index contributed by atoms with van der Waals surface area (Å²) in [6.07, 6.45) is 6.43. The van der Waals surface area contributed by atoms with Crippen molar-refractivity contribution in [3.05, 3.63) is 27.8 Å². The van der Waals surface area contributed by atoms with Crippen molar-refractivity contribution in [3.8, 4) is 24.2 Å². The Morgan fingerprint density at radius 2 is 2.07 bits per heavy atom. The van der Waals surface area contributed by atoms with Crippen LogP contribution >= 0.6 is 0 Å². The predicted molar refractivity (Wildman–Crippen MR) is 109 cm³/mol. The van der Waals surface area contributed by atoms with Gasteiger partial charge in [0.25, 0.3) is 5.69 Å². The predicted octanol–water partition coefficient (Wildman–Crippen LogP) is 3.07. The quantitative estimate of drug-likeness (QED) is 0.417. The first kappa shape index (κ1) is 21.3. The van der Waals surface area contributed by atoms with Gasteiger partial charge in [-0.05, 0) is 39.7 Å². The number of hydrogen-bond donors (Lipinski definition) is 0. The van der Waals surface area contributed by atoms with Crippen molar-refractivity contribution in [1.29, 1.82) is 5.26 Å². The summed E-state index contributed by atoms with van der Waals surface area (Å²) in [4.78, 5) is 26.7. The molecule has 0 radical (unpaired) electrons. The van der Waals surface area contributed by atoms with Crippen LogP contribution in [0.5, 0.6) is 5.75 Å². The molecule has 2 aliphatic rings. The standard InChI is InChI=1S/C21H24N4O5/c1-5-10-24-17-7-6-16(25(27)28)15(13-22)18(17)29-14-21(24)8-11-23(12-9-21)19(26)30-20(2,3)4/h1,6-7H,8-12,14H2,2-4H3. The number of carbonyl (C=O) groups is 1. The highest BCUT2D eigenvalue weighted by atomic mass is 16.6. The molecule has 3 rings (SSSR count). The number of nitro groups is 1. The SMILES string of the molecule is C#CCN1c2ccc([N+](=O)[O-])c(C#N)c2OCC12CCN(C(=O)OC(C)(C)C)CC2. The van der Waals surface area contributed by atoms with Gasteiger partial charge in [-0.2, -0.15) is 5.26 Å². The van der Waals surface area contributed by atoms with Gasteiger partial charge in [-0.3, -0.25) is 10.1 Å². The number of carbonyl (C=O) groups excluding carboxylic acids is 1. The van der Waals surface area contributed by atoms with E-state index in [-0.39, 0.29) is 36.2 Å². The van der Waals surface area contributed by atoms with Gasteiger partial charge >= 0.3 is 6.09 Å². The average molecular weight is 412 g/mol. The first-order valence-corrected chi connectivity index (χ1v) is 9.65. The minimum atomic E-state index is -0.600. The summed E-state index contributed by atoms with van der Waals surface area (Å²) in [6, 6.07) is 4.77. The van der Waals surface area contributed by atoms with Crippen molar-refractivity contribution in [1.82, 2.24) is 4.90 Å². The van der Waals surface area contributed by atoms with Gasteiger partial charge in [-0.1, -0.05) is 5.92 Å². The molecule has 158 valence electrons. The summed E-state index contributed by atoms with van der Waals surface area (Å²) in [5.74, 6) is 2.82. The van der Waals surface area contributed by atoms with E-state index in [4.69, 9.17) is 15.9 Å². The average Bonchev–Trinajstić information content (AvgIpc) is 2.68. The summed E-state index contributed by atoms with van der Waals surface area (Å²) in [5.41, 5.74) is -0.891. The maximum atomic E-state index is 12.4. The second-order valence-corrected chi connectivity index (χ2v) is 8.45. The van der Waals surface area contributed by atoms with Crippen LogP contribution in [-0.4, -0.2) is 53.3 Å². The van der Waals surface area contributed by atoms with Crippen LogP contribution in [0.3, 0.4) is 0 Å². The van der Waals surface area contributed by atoms with E-state index in [1.807, 2.05) is 31.7 Å². The monoisotopic (exact) mass is 412 g/mol. The number of nitro benzene ring substituents is 1. The van der Waals surface area contributed by atoms with Crippen LogP contribution in [0, 0.1) is 33.8 Å². The van der Waals surface area contributed by atoms with Crippen LogP contribution in [0.15, 0.2) is 12.1 Å². The molecule has 0 aliphatic carbocycles. The number of likely N-dealkylation sites (tertiary alicyclic amines) is 1. The number of hydrogen-bond acceptors (Lipinski definition) is 7. The van der Waals surface area contributed by atoms with Gasteiger partial charge in [0.05, 0.1) is 22.7 Å². The zero-order valence-electron chi connectivity index (χ0n) is 17.3. The molecule has 2 heterocycles. The van der Waals surface area contributed by atoms with Crippen molar-refractivity contribution in [2.75, 3.05) is 31.1 Å². The summed E-state index contributed by atoms with van der Waals surface area (Å²) in [6.45, 7) is 6.87. The molecule has 1 amide bonds. The number of anilines is 1. The van der Waals surface area contributed by atoms with Crippen molar-refractivity contribution in [2.24, 2.45) is 0 Å². The summed E-state index contributed by atoms with van der Waals surface area (Å²) < 4.78 is 11.4. The molecule has 1 aromatic rings. The minimum Gasteiger partial charge on any atom is -0.487 e. The summed E-state index contributed by atoms with van der Waals surface area (Å²) in [7, 11) is 0. The lowest BCUT2D eigenvalue weighted by Gasteiger charge is -2.51. The molecule has 9 nitrogen and oxygen atoms in total. The van der Waals surface area contributed by atoms with Crippen molar-refractivity contribution < 1.29 is 19.2 Å². The Balaban J connectivity index is 1.89. The zero-order chi connectivity index (χ0) is 22.1. The smallest absolute Gasteiger partial charge is 0.410 e. The van der Waals surface area contributed by atoms with Gasteiger partial charge in [0.15, 0.2) is 11.3 Å². The molecule has 1 aromatic carbocycles. The lowest BCUT2D eigenvalue weighted by molar-refractivity contribution is -0.385. The third-order valence-electron chi connectivity index (χ3n) is 5.37. The fraction of sp³-hybridized carbons (Fsp3) is 0.524. The minimum absolute atomic E-state index is 0.111. The molecule has 0 aromatic heterocycles. The lowest BCUT2D eigenvalue weighted by atomic mass is 9.84. The first-order chi connectivity index (χ1) is 14.1. The number of rotatable bonds is 2. The van der Waals surface area contributed by atoms with Gasteiger partial charge in [0, 0.05) is 19.2 Å². The third-order valence-corrected chi connectivity index (χ3v) is 5.37. The van der Waals surface area contributed by atoms with Crippen LogP contribution < -0.4 is 9.64 Å². The highest BCUT2D eigenvalue weighted by Crippen LogP contribution is 2.46. The Labute approximate surface area is 175 Å². The number of nitrogens with zero attached hydrogens (tertiary/aromatic N) is 4. The molecular formula is C21H24N4O5. The number of terminal acetylenes is 1. The molecule has 0 atom stereocenters. The van der Waals surface area contributed by atoms with E-state index >= 15 is 0 Å². The number of fused-ring (bicyclic) bond motifs is 1. The van der Waals surface area contributed by atoms with Crippen molar-refractivity contribution >= 4 is 17.5 Å². The summed E-state index contributed by atoms with van der Waals surface area (Å²) in [5, 5.41) is 20.8. The molecule has 0 bridgehead atoms. The molecule has 0 N–H and O–H groups in total. The fourth-order valence-electron chi connectivity index (χ4n) is 3.91. The highest BCUT2D eigenvalue weighted by Gasteiger charge is 2.46. The van der Waals surface area contributed by atoms with Gasteiger partial charge in [0.1, 0.15) is 18.3 Å². The van der Waals surface area contributed by atoms with Crippen LogP contribution in [0.4, 0.5) is 16.2 Å². The van der Waals surface area contributed by atoms with E-state index in [0.717, 1.165) is 0 Å². The number of piperidine rings is 1. The van der Waals surface area contributed by atoms with E-state index in [1.54, 1.807) is 11.0 Å². The van der Waals surface area contributed by atoms with Crippen LogP contribution in [-0.2, 0) is 4.74 Å². The van der Waals surface area contributed by atoms with E-state index < -0.39 is 16.1 Å². The second-order valence-electron chi connectivity index (χ2n) is 8.45. The maximum absolute atomic E-state index is 12.4. The molecule has 0 saturated carbocycles. The number of benzene rings is 1. The topological polar surface area (TPSA) is 109 Å². The highest BCUT2D eigenvalue weighted by molar-refractivity contribution is 5.74. The Kier molecular flexibility index (Phi) is 5.49. The molecule has 30 heavy (non-hydrogen) atoms. The van der Waals surface area contributed by atoms with Crippen LogP contribution in [0.2, 0.25) is 0 Å². The van der Waals surface area contributed by atoms with E-state index in [9.17, 15) is 20.2 Å². The van der Waals surface area contributed by atoms with Crippen molar-refractivity contribution in [2.45, 2.75) is 44.8 Å². The largest absolute Gasteiger partial charge is 0.487 e. The van der Waals surface area contributed by atoms with Gasteiger partial charge < -0.3 is 19.3 Å². The molecule has 1 fully saturated rings. The summed E-state index contributed by atoms with van der Waals surface area (Å²) >= 11 is 0. The van der Waals surface area contributed by atoms with Gasteiger partial charge in [-0.25, -0.2) is 4.79 Å². The number of nitriles is 1. The first-order valence-electron chi connectivity index (χ1n) is 9.65. The molecular weight excluding hydrogens is 388 g/mol. The van der Waals surface area contributed by atoms with Crippen LogP contribution in [0.25, 0.3) is 0 Å². The molecule has 1 saturated heterocycles. The Morgan fingerprint density at radius 3 is 2.60 bits per heavy atom. The Hall–Kier alpha value is -3.46. The number of amides is 1. The van der Waals surface area contributed by atoms with E-state index in [1.165, 1.54) is 6.07 Å². The lowest BCUT2D eigenvalue weighted by Crippen LogP contribution is -2.61. The normalized spacial score (nSPS) is 17.4. The van der Waals surface area contributed by atoms with E-state index in [2.05, 4.69) is 5.92 Å².